The third-order valence-corrected chi connectivity index (χ3v) is 8.20. The summed E-state index contributed by atoms with van der Waals surface area (Å²) >= 11 is 6.01. The highest BCUT2D eigenvalue weighted by atomic mass is 35.5. The summed E-state index contributed by atoms with van der Waals surface area (Å²) in [5.74, 6) is -3.82. The maximum absolute atomic E-state index is 15.2. The van der Waals surface area contributed by atoms with Gasteiger partial charge in [-0.25, -0.2) is 4.39 Å². The fraction of sp³-hybridized carbons (Fsp3) is 0.286. The number of rotatable bonds is 14. The van der Waals surface area contributed by atoms with E-state index in [-0.39, 0.29) is 36.2 Å². The lowest BCUT2D eigenvalue weighted by Gasteiger charge is -2.25. The van der Waals surface area contributed by atoms with Crippen LogP contribution in [0.5, 0.6) is 6.01 Å². The first-order chi connectivity index (χ1) is 25.0. The molecule has 3 amide bonds. The monoisotopic (exact) mass is 755 g/mol. The third kappa shape index (κ3) is 10.8. The molecule has 0 aliphatic heterocycles. The highest BCUT2D eigenvalue weighted by Gasteiger charge is 2.45. The van der Waals surface area contributed by atoms with Crippen molar-refractivity contribution in [2.45, 2.75) is 38.4 Å². The van der Waals surface area contributed by atoms with Crippen LogP contribution in [0.25, 0.3) is 0 Å². The highest BCUT2D eigenvalue weighted by molar-refractivity contribution is 6.39. The predicted octanol–water partition coefficient (Wildman–Crippen LogP) is 5.96. The van der Waals surface area contributed by atoms with Crippen molar-refractivity contribution in [1.29, 1.82) is 5.41 Å². The molecule has 0 bridgehead atoms. The number of benzene rings is 3. The van der Waals surface area contributed by atoms with Crippen LogP contribution < -0.4 is 31.3 Å². The van der Waals surface area contributed by atoms with Crippen LogP contribution >= 0.6 is 11.6 Å². The molecule has 1 aliphatic rings. The van der Waals surface area contributed by atoms with Crippen LogP contribution in [0.15, 0.2) is 66.7 Å². The van der Waals surface area contributed by atoms with E-state index in [1.807, 2.05) is 12.1 Å². The number of amides is 3. The first-order valence-corrected chi connectivity index (χ1v) is 16.5. The molecule has 0 spiro atoms. The smallest absolute Gasteiger partial charge is 0.422 e. The molecular weight excluding hydrogens is 722 g/mol. The number of anilines is 4. The lowest BCUT2D eigenvalue weighted by atomic mass is 9.93. The summed E-state index contributed by atoms with van der Waals surface area (Å²) < 4.78 is 58.8. The number of ether oxygens (including phenoxy) is 1. The van der Waals surface area contributed by atoms with Gasteiger partial charge in [0.1, 0.15) is 5.82 Å². The fourth-order valence-corrected chi connectivity index (χ4v) is 5.03. The molecule has 1 heterocycles. The quantitative estimate of drug-likeness (QED) is 0.0514. The summed E-state index contributed by atoms with van der Waals surface area (Å²) in [5.41, 5.74) is 0.284. The molecule has 3 aromatic carbocycles. The van der Waals surface area contributed by atoms with E-state index in [2.05, 4.69) is 41.5 Å². The van der Waals surface area contributed by atoms with Crippen molar-refractivity contribution in [2.75, 3.05) is 35.6 Å². The molecule has 0 atom stereocenters. The Hall–Kier alpha value is -5.84. The Labute approximate surface area is 305 Å². The Kier molecular flexibility index (Phi) is 11.5. The van der Waals surface area contributed by atoms with Gasteiger partial charge < -0.3 is 36.7 Å². The van der Waals surface area contributed by atoms with Crippen LogP contribution in [0.3, 0.4) is 0 Å². The molecule has 0 radical (unpaired) electrons. The number of carbonyl (C=O) groups excluding carboxylic acids is 3. The Bertz CT molecular complexity index is 1990. The molecule has 4 aromatic rings. The molecule has 6 N–H and O–H groups in total. The van der Waals surface area contributed by atoms with Crippen molar-refractivity contribution in [3.05, 3.63) is 94.3 Å². The number of nitrogens with one attached hydrogen (secondary N) is 6. The van der Waals surface area contributed by atoms with E-state index in [0.29, 0.717) is 29.1 Å². The van der Waals surface area contributed by atoms with Gasteiger partial charge in [-0.3, -0.25) is 14.4 Å². The van der Waals surface area contributed by atoms with E-state index in [4.69, 9.17) is 21.7 Å². The fourth-order valence-electron chi connectivity index (χ4n) is 4.91. The molecular formula is C35H34ClF4N9O4. The number of hydrogen-bond donors (Lipinski definition) is 6. The van der Waals surface area contributed by atoms with Gasteiger partial charge in [0.05, 0.1) is 11.1 Å². The number of nitrogens with zero attached hydrogens (tertiary/aromatic N) is 3. The normalized spacial score (nSPS) is 13.3. The second kappa shape index (κ2) is 15.8. The Morgan fingerprint density at radius 2 is 1.53 bits per heavy atom. The molecule has 5 rings (SSSR count). The van der Waals surface area contributed by atoms with Crippen LogP contribution in [0.1, 0.15) is 48.2 Å². The van der Waals surface area contributed by atoms with E-state index >= 15 is 4.39 Å². The first kappa shape index (κ1) is 38.4. The Morgan fingerprint density at radius 1 is 0.887 bits per heavy atom. The third-order valence-electron chi connectivity index (χ3n) is 7.94. The number of alkyl halides is 3. The molecule has 13 nitrogen and oxygen atoms in total. The zero-order valence-electron chi connectivity index (χ0n) is 28.3. The molecule has 53 heavy (non-hydrogen) atoms. The van der Waals surface area contributed by atoms with Crippen molar-refractivity contribution in [2.24, 2.45) is 5.41 Å². The minimum atomic E-state index is -4.66. The van der Waals surface area contributed by atoms with Gasteiger partial charge in [0, 0.05) is 35.7 Å². The zero-order valence-corrected chi connectivity index (χ0v) is 29.1. The van der Waals surface area contributed by atoms with E-state index in [0.717, 1.165) is 17.8 Å². The topological polar surface area (TPSA) is 183 Å². The lowest BCUT2D eigenvalue weighted by molar-refractivity contribution is -0.154. The number of halogens is 5. The summed E-state index contributed by atoms with van der Waals surface area (Å²) in [6.45, 7) is 1.77. The van der Waals surface area contributed by atoms with Gasteiger partial charge in [-0.15, -0.1) is 0 Å². The molecule has 0 unspecified atom stereocenters. The number of aromatic nitrogens is 3. The second-order valence-electron chi connectivity index (χ2n) is 13.0. The van der Waals surface area contributed by atoms with Crippen LogP contribution in [-0.2, 0) is 15.1 Å². The standard InChI is InChI=1S/C35H34ClF4N9O4/c1-33(2,18-43-28(51)29(52)44-23-9-3-20(16-41)4-10-23)17-42-27(50)25-12-11-24(15-26(25)37)45-30-46-31(48-32(47-30)53-19-35(38,39)40)49-34(13-14-34)21-5-7-22(36)8-6-21/h3-12,15-16,41H,13-14,17-19H2,1-2H3,(H,42,50)(H,43,51)(H,44,52)(H2,45,46,47,48,49). The summed E-state index contributed by atoms with van der Waals surface area (Å²) in [4.78, 5) is 49.7. The molecule has 0 saturated heterocycles. The van der Waals surface area contributed by atoms with Gasteiger partial charge in [0.25, 0.3) is 5.91 Å². The summed E-state index contributed by atoms with van der Waals surface area (Å²) in [5, 5.41) is 21.2. The van der Waals surface area contributed by atoms with Crippen LogP contribution in [0.2, 0.25) is 5.02 Å². The Balaban J connectivity index is 1.19. The van der Waals surface area contributed by atoms with Crippen LogP contribution in [0.4, 0.5) is 40.8 Å². The largest absolute Gasteiger partial charge is 0.454 e. The van der Waals surface area contributed by atoms with Gasteiger partial charge in [0.2, 0.25) is 11.9 Å². The molecule has 1 fully saturated rings. The SMILES string of the molecule is CC(C)(CNC(=O)C(=O)Nc1ccc(C=N)cc1)CNC(=O)c1ccc(Nc2nc(NC3(c4ccc(Cl)cc4)CC3)nc(OCC(F)(F)F)n2)cc1F. The van der Waals surface area contributed by atoms with Crippen molar-refractivity contribution in [1.82, 2.24) is 25.6 Å². The minimum absolute atomic E-state index is 0.00287. The average Bonchev–Trinajstić information content (AvgIpc) is 3.89. The highest BCUT2D eigenvalue weighted by Crippen LogP contribution is 2.48. The second-order valence-corrected chi connectivity index (χ2v) is 13.4. The van der Waals surface area contributed by atoms with Gasteiger partial charge in [-0.2, -0.15) is 28.1 Å². The van der Waals surface area contributed by atoms with Crippen molar-refractivity contribution in [3.8, 4) is 6.01 Å². The van der Waals surface area contributed by atoms with E-state index in [1.165, 1.54) is 12.1 Å². The van der Waals surface area contributed by atoms with E-state index in [9.17, 15) is 27.6 Å². The van der Waals surface area contributed by atoms with Crippen molar-refractivity contribution >= 4 is 58.8 Å². The number of carbonyl (C=O) groups is 3. The average molecular weight is 756 g/mol. The zero-order chi connectivity index (χ0) is 38.4. The van der Waals surface area contributed by atoms with E-state index in [1.54, 1.807) is 50.2 Å². The maximum atomic E-state index is 15.2. The molecule has 278 valence electrons. The summed E-state index contributed by atoms with van der Waals surface area (Å²) in [6, 6.07) is 16.3. The van der Waals surface area contributed by atoms with Gasteiger partial charge in [-0.1, -0.05) is 49.7 Å². The van der Waals surface area contributed by atoms with Gasteiger partial charge in [0.15, 0.2) is 6.61 Å². The van der Waals surface area contributed by atoms with Gasteiger partial charge in [-0.05, 0) is 71.8 Å². The van der Waals surface area contributed by atoms with Crippen molar-refractivity contribution < 1.29 is 36.7 Å². The molecule has 1 aromatic heterocycles. The first-order valence-electron chi connectivity index (χ1n) is 16.1. The summed E-state index contributed by atoms with van der Waals surface area (Å²) in [6.07, 6.45) is -2.16. The Morgan fingerprint density at radius 3 is 2.15 bits per heavy atom. The van der Waals surface area contributed by atoms with Crippen molar-refractivity contribution in [3.63, 3.8) is 0 Å². The van der Waals surface area contributed by atoms with Gasteiger partial charge >= 0.3 is 24.0 Å². The summed E-state index contributed by atoms with van der Waals surface area (Å²) in [7, 11) is 0. The van der Waals surface area contributed by atoms with Crippen LogP contribution in [0, 0.1) is 16.6 Å². The maximum Gasteiger partial charge on any atom is 0.422 e. The molecule has 1 saturated carbocycles. The predicted molar refractivity (Wildman–Crippen MR) is 189 cm³/mol. The van der Waals surface area contributed by atoms with E-state index < -0.39 is 53.3 Å². The van der Waals surface area contributed by atoms with Crippen LogP contribution in [-0.4, -0.2) is 64.8 Å². The molecule has 18 heteroatoms. The minimum Gasteiger partial charge on any atom is -0.454 e. The number of hydrogen-bond acceptors (Lipinski definition) is 10. The molecule has 1 aliphatic carbocycles. The lowest BCUT2D eigenvalue weighted by Crippen LogP contribution is -2.45.